The molecule has 0 radical (unpaired) electrons. The van der Waals surface area contributed by atoms with Crippen molar-refractivity contribution >= 4 is 27.3 Å². The minimum atomic E-state index is -3.27. The van der Waals surface area contributed by atoms with Gasteiger partial charge in [-0.15, -0.1) is 0 Å². The molecular weight excluding hydrogens is 352 g/mol. The summed E-state index contributed by atoms with van der Waals surface area (Å²) in [6, 6.07) is 6.34. The van der Waals surface area contributed by atoms with Gasteiger partial charge in [-0.3, -0.25) is 9.59 Å². The number of carbonyl (C=O) groups excluding carboxylic acids is 2. The summed E-state index contributed by atoms with van der Waals surface area (Å²) >= 11 is 0. The molecule has 0 N–H and O–H groups in total. The predicted molar refractivity (Wildman–Crippen MR) is 102 cm³/mol. The number of benzene rings is 1. The van der Waals surface area contributed by atoms with Crippen LogP contribution in [0, 0.1) is 5.92 Å². The van der Waals surface area contributed by atoms with Crippen molar-refractivity contribution in [3.8, 4) is 0 Å². The van der Waals surface area contributed by atoms with E-state index in [4.69, 9.17) is 0 Å². The van der Waals surface area contributed by atoms with Crippen LogP contribution in [0.2, 0.25) is 0 Å². The lowest BCUT2D eigenvalue weighted by molar-refractivity contribution is -0.134. The summed E-state index contributed by atoms with van der Waals surface area (Å²) in [4.78, 5) is 28.8. The number of sulfone groups is 1. The zero-order chi connectivity index (χ0) is 19.5. The maximum absolute atomic E-state index is 13.1. The second-order valence-electron chi connectivity index (χ2n) is 7.10. The second kappa shape index (κ2) is 8.20. The molecule has 0 aliphatic carbocycles. The zero-order valence-corrected chi connectivity index (χ0v) is 16.8. The third kappa shape index (κ3) is 4.63. The third-order valence-corrected chi connectivity index (χ3v) is 5.85. The minimum Gasteiger partial charge on any atom is -0.342 e. The fourth-order valence-electron chi connectivity index (χ4n) is 3.36. The lowest BCUT2D eigenvalue weighted by Crippen LogP contribution is -2.48. The molecule has 1 fully saturated rings. The van der Waals surface area contributed by atoms with Crippen LogP contribution < -0.4 is 4.90 Å². The standard InChI is InChI=1S/C19H28N2O4S/c1-5-18(22)20-12-6-7-15(13-20)19(23)21(14(2)3)16-8-10-17(11-9-16)26(4,24)25/h8-11,14-15H,5-7,12-13H2,1-4H3. The van der Waals surface area contributed by atoms with Crippen LogP contribution in [0.4, 0.5) is 5.69 Å². The largest absolute Gasteiger partial charge is 0.342 e. The first kappa shape index (κ1) is 20.4. The average molecular weight is 381 g/mol. The number of hydrogen-bond acceptors (Lipinski definition) is 4. The SMILES string of the molecule is CCC(=O)N1CCCC(C(=O)N(c2ccc(S(C)(=O)=O)cc2)C(C)C)C1. The van der Waals surface area contributed by atoms with Crippen LogP contribution in [0.15, 0.2) is 29.2 Å². The molecule has 0 aromatic heterocycles. The van der Waals surface area contributed by atoms with Gasteiger partial charge in [0.2, 0.25) is 11.8 Å². The fourth-order valence-corrected chi connectivity index (χ4v) is 3.99. The van der Waals surface area contributed by atoms with Gasteiger partial charge in [0.25, 0.3) is 0 Å². The Hall–Kier alpha value is -1.89. The highest BCUT2D eigenvalue weighted by atomic mass is 32.2. The number of hydrogen-bond donors (Lipinski definition) is 0. The molecule has 1 aliphatic heterocycles. The summed E-state index contributed by atoms with van der Waals surface area (Å²) in [7, 11) is -3.27. The van der Waals surface area contributed by atoms with Crippen molar-refractivity contribution < 1.29 is 18.0 Å². The van der Waals surface area contributed by atoms with Crippen molar-refractivity contribution in [1.82, 2.24) is 4.90 Å². The van der Waals surface area contributed by atoms with Gasteiger partial charge in [-0.05, 0) is 51.0 Å². The van der Waals surface area contributed by atoms with Crippen LogP contribution in [0.25, 0.3) is 0 Å². The highest BCUT2D eigenvalue weighted by molar-refractivity contribution is 7.90. The molecule has 144 valence electrons. The normalized spacial score (nSPS) is 18.0. The summed E-state index contributed by atoms with van der Waals surface area (Å²) in [5.41, 5.74) is 0.677. The van der Waals surface area contributed by atoms with Crippen molar-refractivity contribution in [2.45, 2.75) is 51.0 Å². The molecule has 6 nitrogen and oxygen atoms in total. The van der Waals surface area contributed by atoms with Gasteiger partial charge in [0.05, 0.1) is 10.8 Å². The number of nitrogens with zero attached hydrogens (tertiary/aromatic N) is 2. The Bertz CT molecular complexity index is 756. The Morgan fingerprint density at radius 3 is 2.35 bits per heavy atom. The van der Waals surface area contributed by atoms with E-state index in [9.17, 15) is 18.0 Å². The molecule has 26 heavy (non-hydrogen) atoms. The first-order valence-corrected chi connectivity index (χ1v) is 10.9. The second-order valence-corrected chi connectivity index (χ2v) is 9.12. The van der Waals surface area contributed by atoms with Crippen molar-refractivity contribution in [1.29, 1.82) is 0 Å². The van der Waals surface area contributed by atoms with E-state index in [0.29, 0.717) is 25.2 Å². The Kier molecular flexibility index (Phi) is 6.44. The first-order chi connectivity index (χ1) is 12.1. The number of amides is 2. The average Bonchev–Trinajstić information content (AvgIpc) is 2.60. The van der Waals surface area contributed by atoms with Gasteiger partial charge >= 0.3 is 0 Å². The summed E-state index contributed by atoms with van der Waals surface area (Å²) < 4.78 is 23.3. The van der Waals surface area contributed by atoms with E-state index in [0.717, 1.165) is 19.1 Å². The molecule has 0 bridgehead atoms. The van der Waals surface area contributed by atoms with E-state index in [1.54, 1.807) is 21.9 Å². The smallest absolute Gasteiger partial charge is 0.232 e. The lowest BCUT2D eigenvalue weighted by Gasteiger charge is -2.36. The topological polar surface area (TPSA) is 74.8 Å². The molecular formula is C19H28N2O4S. The molecule has 1 aromatic rings. The molecule has 2 amide bonds. The van der Waals surface area contributed by atoms with Gasteiger partial charge in [-0.25, -0.2) is 8.42 Å². The van der Waals surface area contributed by atoms with E-state index in [1.807, 2.05) is 20.8 Å². The molecule has 1 saturated heterocycles. The molecule has 0 spiro atoms. The zero-order valence-electron chi connectivity index (χ0n) is 15.9. The highest BCUT2D eigenvalue weighted by Gasteiger charge is 2.32. The predicted octanol–water partition coefficient (Wildman–Crippen LogP) is 2.48. The van der Waals surface area contributed by atoms with Gasteiger partial charge < -0.3 is 9.80 Å². The molecule has 1 heterocycles. The highest BCUT2D eigenvalue weighted by Crippen LogP contribution is 2.26. The van der Waals surface area contributed by atoms with Crippen LogP contribution >= 0.6 is 0 Å². The monoisotopic (exact) mass is 380 g/mol. The number of rotatable bonds is 5. The summed E-state index contributed by atoms with van der Waals surface area (Å²) in [6.45, 7) is 6.86. The quantitative estimate of drug-likeness (QED) is 0.786. The maximum atomic E-state index is 13.1. The van der Waals surface area contributed by atoms with E-state index in [2.05, 4.69) is 0 Å². The number of anilines is 1. The number of piperidine rings is 1. The molecule has 7 heteroatoms. The van der Waals surface area contributed by atoms with E-state index >= 15 is 0 Å². The Labute approximate surface area is 156 Å². The Morgan fingerprint density at radius 1 is 1.23 bits per heavy atom. The van der Waals surface area contributed by atoms with Crippen molar-refractivity contribution in [2.75, 3.05) is 24.2 Å². The Morgan fingerprint density at radius 2 is 1.85 bits per heavy atom. The van der Waals surface area contributed by atoms with Crippen molar-refractivity contribution in [2.24, 2.45) is 5.92 Å². The lowest BCUT2D eigenvalue weighted by atomic mass is 9.95. The van der Waals surface area contributed by atoms with Crippen molar-refractivity contribution in [3.05, 3.63) is 24.3 Å². The van der Waals surface area contributed by atoms with Gasteiger partial charge in [0.1, 0.15) is 0 Å². The summed E-state index contributed by atoms with van der Waals surface area (Å²) in [5.74, 6) is -0.159. The molecule has 1 atom stereocenters. The molecule has 1 aromatic carbocycles. The van der Waals surface area contributed by atoms with Crippen LogP contribution in [0.5, 0.6) is 0 Å². The van der Waals surface area contributed by atoms with Crippen LogP contribution in [-0.2, 0) is 19.4 Å². The van der Waals surface area contributed by atoms with Crippen LogP contribution in [-0.4, -0.2) is 50.5 Å². The third-order valence-electron chi connectivity index (χ3n) is 4.72. The molecule has 2 rings (SSSR count). The maximum Gasteiger partial charge on any atom is 0.232 e. The van der Waals surface area contributed by atoms with Gasteiger partial charge in [-0.1, -0.05) is 6.92 Å². The number of likely N-dealkylation sites (tertiary alicyclic amines) is 1. The van der Waals surface area contributed by atoms with Crippen molar-refractivity contribution in [3.63, 3.8) is 0 Å². The molecule has 1 unspecified atom stereocenters. The van der Waals surface area contributed by atoms with Gasteiger partial charge in [0.15, 0.2) is 9.84 Å². The van der Waals surface area contributed by atoms with Crippen LogP contribution in [0.1, 0.15) is 40.0 Å². The Balaban J connectivity index is 2.23. The van der Waals surface area contributed by atoms with Gasteiger partial charge in [0, 0.05) is 37.5 Å². The van der Waals surface area contributed by atoms with E-state index in [1.165, 1.54) is 12.1 Å². The van der Waals surface area contributed by atoms with Gasteiger partial charge in [-0.2, -0.15) is 0 Å². The number of carbonyl (C=O) groups is 2. The van der Waals surface area contributed by atoms with E-state index in [-0.39, 0.29) is 28.7 Å². The minimum absolute atomic E-state index is 0.0132. The molecule has 1 aliphatic rings. The fraction of sp³-hybridized carbons (Fsp3) is 0.579. The summed E-state index contributed by atoms with van der Waals surface area (Å²) in [5, 5.41) is 0. The molecule has 0 saturated carbocycles. The summed E-state index contributed by atoms with van der Waals surface area (Å²) in [6.07, 6.45) is 3.19. The van der Waals surface area contributed by atoms with E-state index < -0.39 is 9.84 Å². The first-order valence-electron chi connectivity index (χ1n) is 9.06. The van der Waals surface area contributed by atoms with Crippen LogP contribution in [0.3, 0.4) is 0 Å².